The van der Waals surface area contributed by atoms with Crippen LogP contribution in [0.4, 0.5) is 4.39 Å². The molecule has 1 N–H and O–H groups in total. The fourth-order valence-corrected chi connectivity index (χ4v) is 3.07. The van der Waals surface area contributed by atoms with Crippen LogP contribution in [0.5, 0.6) is 0 Å². The molecule has 1 aromatic carbocycles. The van der Waals surface area contributed by atoms with Crippen LogP contribution < -0.4 is 5.32 Å². The van der Waals surface area contributed by atoms with Crippen LogP contribution in [-0.4, -0.2) is 34.9 Å². The maximum atomic E-state index is 13.1. The van der Waals surface area contributed by atoms with E-state index in [9.17, 15) is 9.18 Å². The van der Waals surface area contributed by atoms with Gasteiger partial charge in [-0.25, -0.2) is 9.07 Å². The van der Waals surface area contributed by atoms with Crippen molar-refractivity contribution in [1.29, 1.82) is 0 Å². The molecule has 0 radical (unpaired) electrons. The number of ether oxygens (including phenoxy) is 1. The fraction of sp³-hybridized carbons (Fsp3) is 0.444. The second kappa shape index (κ2) is 6.36. The van der Waals surface area contributed by atoms with E-state index in [2.05, 4.69) is 10.4 Å². The molecule has 0 spiro atoms. The number of halogens is 1. The molecule has 1 aromatic heterocycles. The molecule has 0 bridgehead atoms. The number of benzene rings is 1. The minimum atomic E-state index is -0.284. The summed E-state index contributed by atoms with van der Waals surface area (Å²) in [7, 11) is 0. The van der Waals surface area contributed by atoms with Crippen LogP contribution in [0.25, 0.3) is 5.69 Å². The van der Waals surface area contributed by atoms with Gasteiger partial charge in [0.15, 0.2) is 5.69 Å². The molecule has 24 heavy (non-hydrogen) atoms. The predicted molar refractivity (Wildman–Crippen MR) is 86.8 cm³/mol. The van der Waals surface area contributed by atoms with Crippen LogP contribution in [0.3, 0.4) is 0 Å². The fourth-order valence-electron chi connectivity index (χ4n) is 3.07. The minimum Gasteiger partial charge on any atom is -0.376 e. The highest BCUT2D eigenvalue weighted by Gasteiger charge is 2.30. The number of nitrogens with zero attached hydrogens (tertiary/aromatic N) is 2. The average molecular weight is 329 g/mol. The smallest absolute Gasteiger partial charge is 0.271 e. The summed E-state index contributed by atoms with van der Waals surface area (Å²) >= 11 is 0. The number of rotatable bonds is 5. The zero-order valence-corrected chi connectivity index (χ0v) is 13.4. The van der Waals surface area contributed by atoms with Crippen molar-refractivity contribution in [3.05, 3.63) is 47.5 Å². The van der Waals surface area contributed by atoms with Gasteiger partial charge in [0, 0.05) is 24.8 Å². The van der Waals surface area contributed by atoms with Crippen molar-refractivity contribution >= 4 is 5.91 Å². The number of hydrogen-bond acceptors (Lipinski definition) is 3. The Labute approximate surface area is 139 Å². The van der Waals surface area contributed by atoms with Crippen LogP contribution in [0.2, 0.25) is 0 Å². The van der Waals surface area contributed by atoms with Gasteiger partial charge in [-0.1, -0.05) is 0 Å². The van der Waals surface area contributed by atoms with E-state index in [1.54, 1.807) is 16.8 Å². The van der Waals surface area contributed by atoms with E-state index in [-0.39, 0.29) is 17.8 Å². The topological polar surface area (TPSA) is 56.1 Å². The normalized spacial score (nSPS) is 20.3. The summed E-state index contributed by atoms with van der Waals surface area (Å²) < 4.78 is 20.4. The van der Waals surface area contributed by atoms with Gasteiger partial charge in [0.1, 0.15) is 5.82 Å². The third-order valence-electron chi connectivity index (χ3n) is 4.55. The highest BCUT2D eigenvalue weighted by molar-refractivity contribution is 5.92. The zero-order valence-electron chi connectivity index (χ0n) is 13.4. The predicted octanol–water partition coefficient (Wildman–Crippen LogP) is 2.80. The monoisotopic (exact) mass is 329 g/mol. The van der Waals surface area contributed by atoms with Gasteiger partial charge in [-0.3, -0.25) is 4.79 Å². The van der Waals surface area contributed by atoms with Crippen molar-refractivity contribution < 1.29 is 13.9 Å². The maximum absolute atomic E-state index is 13.1. The van der Waals surface area contributed by atoms with Crippen LogP contribution in [0, 0.1) is 5.82 Å². The van der Waals surface area contributed by atoms with Gasteiger partial charge in [-0.05, 0) is 56.0 Å². The van der Waals surface area contributed by atoms with Crippen molar-refractivity contribution in [3.8, 4) is 5.69 Å². The quantitative estimate of drug-likeness (QED) is 0.918. The molecule has 2 aliphatic rings. The first-order valence-electron chi connectivity index (χ1n) is 8.46. The van der Waals surface area contributed by atoms with E-state index >= 15 is 0 Å². The molecular formula is C18H20FN3O2. The molecule has 1 saturated carbocycles. The maximum Gasteiger partial charge on any atom is 0.271 e. The van der Waals surface area contributed by atoms with Gasteiger partial charge in [0.2, 0.25) is 0 Å². The van der Waals surface area contributed by atoms with Crippen LogP contribution in [0.1, 0.15) is 47.8 Å². The summed E-state index contributed by atoms with van der Waals surface area (Å²) in [4.78, 5) is 12.4. The van der Waals surface area contributed by atoms with Crippen molar-refractivity contribution in [2.24, 2.45) is 0 Å². The largest absolute Gasteiger partial charge is 0.376 e. The Morgan fingerprint density at radius 2 is 2.08 bits per heavy atom. The summed E-state index contributed by atoms with van der Waals surface area (Å²) in [6, 6.07) is 8.03. The molecule has 6 heteroatoms. The molecule has 2 aromatic rings. The summed E-state index contributed by atoms with van der Waals surface area (Å²) in [6.07, 6.45) is 4.34. The van der Waals surface area contributed by atoms with E-state index in [4.69, 9.17) is 4.74 Å². The molecule has 5 nitrogen and oxygen atoms in total. The summed E-state index contributed by atoms with van der Waals surface area (Å²) in [5.41, 5.74) is 2.19. The third-order valence-corrected chi connectivity index (χ3v) is 4.55. The highest BCUT2D eigenvalue weighted by atomic mass is 19.1. The minimum absolute atomic E-state index is 0.107. The summed E-state index contributed by atoms with van der Waals surface area (Å²) in [5, 5.41) is 7.36. The Morgan fingerprint density at radius 1 is 1.29 bits per heavy atom. The molecule has 1 unspecified atom stereocenters. The Kier molecular flexibility index (Phi) is 4.06. The lowest BCUT2D eigenvalue weighted by Crippen LogP contribution is -2.32. The molecule has 1 aliphatic heterocycles. The van der Waals surface area contributed by atoms with Crippen molar-refractivity contribution in [3.63, 3.8) is 0 Å². The van der Waals surface area contributed by atoms with E-state index in [0.29, 0.717) is 18.2 Å². The van der Waals surface area contributed by atoms with Crippen LogP contribution in [0.15, 0.2) is 30.3 Å². The Morgan fingerprint density at radius 3 is 2.75 bits per heavy atom. The van der Waals surface area contributed by atoms with E-state index in [0.717, 1.165) is 43.7 Å². The summed E-state index contributed by atoms with van der Waals surface area (Å²) in [6.45, 7) is 1.28. The number of amides is 1. The molecule has 2 fully saturated rings. The van der Waals surface area contributed by atoms with Crippen molar-refractivity contribution in [2.45, 2.75) is 37.7 Å². The number of carbonyl (C=O) groups excluding carboxylic acids is 1. The summed E-state index contributed by atoms with van der Waals surface area (Å²) in [5.74, 6) is -0.0380. The zero-order chi connectivity index (χ0) is 16.5. The van der Waals surface area contributed by atoms with Crippen molar-refractivity contribution in [2.75, 3.05) is 13.2 Å². The molecule has 1 atom stereocenters. The van der Waals surface area contributed by atoms with Crippen LogP contribution in [-0.2, 0) is 4.74 Å². The number of hydrogen-bond donors (Lipinski definition) is 1. The number of aromatic nitrogens is 2. The number of carbonyl (C=O) groups is 1. The van der Waals surface area contributed by atoms with E-state index < -0.39 is 0 Å². The first-order valence-corrected chi connectivity index (χ1v) is 8.46. The lowest BCUT2D eigenvalue weighted by Gasteiger charge is -2.09. The first-order chi connectivity index (χ1) is 11.7. The van der Waals surface area contributed by atoms with E-state index in [1.165, 1.54) is 12.1 Å². The molecule has 1 amide bonds. The number of nitrogens with one attached hydrogen (secondary N) is 1. The Balaban J connectivity index is 1.54. The van der Waals surface area contributed by atoms with Gasteiger partial charge >= 0.3 is 0 Å². The molecule has 4 rings (SSSR count). The molecule has 1 saturated heterocycles. The van der Waals surface area contributed by atoms with Crippen molar-refractivity contribution in [1.82, 2.24) is 15.1 Å². The van der Waals surface area contributed by atoms with Gasteiger partial charge in [0.25, 0.3) is 5.91 Å². The highest BCUT2D eigenvalue weighted by Crippen LogP contribution is 2.41. The van der Waals surface area contributed by atoms with E-state index in [1.807, 2.05) is 6.07 Å². The first kappa shape index (κ1) is 15.3. The third kappa shape index (κ3) is 3.19. The van der Waals surface area contributed by atoms with Gasteiger partial charge < -0.3 is 10.1 Å². The van der Waals surface area contributed by atoms with Crippen LogP contribution >= 0.6 is 0 Å². The standard InChI is InChI=1S/C18H20FN3O2/c19-13-5-7-14(8-6-13)22-17(12-3-4-12)10-16(21-22)18(23)20-11-15-2-1-9-24-15/h5-8,10,12,15H,1-4,9,11H2,(H,20,23). The Bertz CT molecular complexity index is 731. The molecular weight excluding hydrogens is 309 g/mol. The lowest BCUT2D eigenvalue weighted by atomic mass is 10.2. The SMILES string of the molecule is O=C(NCC1CCCO1)c1cc(C2CC2)n(-c2ccc(F)cc2)n1. The van der Waals surface area contributed by atoms with Gasteiger partial charge in [0.05, 0.1) is 11.8 Å². The average Bonchev–Trinajstić information content (AvgIpc) is 3.12. The lowest BCUT2D eigenvalue weighted by molar-refractivity contribution is 0.0853. The second-order valence-electron chi connectivity index (χ2n) is 6.46. The Hall–Kier alpha value is -2.21. The molecule has 2 heterocycles. The molecule has 126 valence electrons. The molecule has 1 aliphatic carbocycles. The van der Waals surface area contributed by atoms with Gasteiger partial charge in [-0.2, -0.15) is 5.10 Å². The van der Waals surface area contributed by atoms with Gasteiger partial charge in [-0.15, -0.1) is 0 Å². The second-order valence-corrected chi connectivity index (χ2v) is 6.46.